The SMILES string of the molecule is Cc1ccc(S(=O)(=O)Oc2c(Br)c(=O)oc3ccc(F)cc23)cc1. The van der Waals surface area contributed by atoms with E-state index in [0.717, 1.165) is 17.7 Å². The first-order valence-corrected chi connectivity index (χ1v) is 8.91. The Morgan fingerprint density at radius 1 is 1.12 bits per heavy atom. The van der Waals surface area contributed by atoms with Gasteiger partial charge >= 0.3 is 15.7 Å². The van der Waals surface area contributed by atoms with E-state index in [4.69, 9.17) is 8.60 Å². The molecule has 0 amide bonds. The Labute approximate surface area is 144 Å². The van der Waals surface area contributed by atoms with Crippen molar-refractivity contribution in [1.82, 2.24) is 0 Å². The van der Waals surface area contributed by atoms with Crippen molar-refractivity contribution in [3.05, 3.63) is 68.7 Å². The van der Waals surface area contributed by atoms with Gasteiger partial charge in [-0.05, 0) is 53.2 Å². The Bertz CT molecular complexity index is 1090. The molecule has 0 atom stereocenters. The van der Waals surface area contributed by atoms with Gasteiger partial charge < -0.3 is 8.60 Å². The highest BCUT2D eigenvalue weighted by atomic mass is 79.9. The Balaban J connectivity index is 2.19. The van der Waals surface area contributed by atoms with Gasteiger partial charge in [-0.3, -0.25) is 0 Å². The highest BCUT2D eigenvalue weighted by molar-refractivity contribution is 9.10. The summed E-state index contributed by atoms with van der Waals surface area (Å²) < 4.78 is 48.2. The second kappa shape index (κ2) is 6.03. The van der Waals surface area contributed by atoms with E-state index in [0.29, 0.717) is 0 Å². The molecule has 1 aromatic heterocycles. The second-order valence-corrected chi connectivity index (χ2v) is 7.36. The Morgan fingerprint density at radius 3 is 2.46 bits per heavy atom. The van der Waals surface area contributed by atoms with E-state index in [1.54, 1.807) is 12.1 Å². The van der Waals surface area contributed by atoms with Crippen molar-refractivity contribution in [2.75, 3.05) is 0 Å². The van der Waals surface area contributed by atoms with Gasteiger partial charge in [0.05, 0.1) is 5.39 Å². The largest absolute Gasteiger partial charge is 0.422 e. The van der Waals surface area contributed by atoms with Crippen LogP contribution in [0.3, 0.4) is 0 Å². The van der Waals surface area contributed by atoms with Gasteiger partial charge in [0.2, 0.25) is 0 Å². The third-order valence-electron chi connectivity index (χ3n) is 3.27. The second-order valence-electron chi connectivity index (χ2n) is 5.02. The molecule has 0 saturated carbocycles. The molecule has 124 valence electrons. The van der Waals surface area contributed by atoms with Gasteiger partial charge in [-0.2, -0.15) is 8.42 Å². The molecule has 0 spiro atoms. The summed E-state index contributed by atoms with van der Waals surface area (Å²) in [5.74, 6) is -0.942. The van der Waals surface area contributed by atoms with Crippen LogP contribution in [0.2, 0.25) is 0 Å². The average molecular weight is 413 g/mol. The van der Waals surface area contributed by atoms with Gasteiger partial charge in [-0.15, -0.1) is 0 Å². The molecule has 0 bridgehead atoms. The quantitative estimate of drug-likeness (QED) is 0.483. The lowest BCUT2D eigenvalue weighted by molar-refractivity contribution is 0.478. The number of hydrogen-bond donors (Lipinski definition) is 0. The van der Waals surface area contributed by atoms with E-state index in [-0.39, 0.29) is 26.1 Å². The van der Waals surface area contributed by atoms with Crippen LogP contribution in [0.5, 0.6) is 5.75 Å². The lowest BCUT2D eigenvalue weighted by Crippen LogP contribution is -2.13. The van der Waals surface area contributed by atoms with Gasteiger partial charge in [-0.25, -0.2) is 9.18 Å². The summed E-state index contributed by atoms with van der Waals surface area (Å²) in [7, 11) is -4.21. The maximum absolute atomic E-state index is 13.5. The number of hydrogen-bond acceptors (Lipinski definition) is 5. The molecular weight excluding hydrogens is 403 g/mol. The molecule has 0 aliphatic heterocycles. The van der Waals surface area contributed by atoms with Gasteiger partial charge in [0, 0.05) is 0 Å². The molecule has 0 saturated heterocycles. The maximum Gasteiger partial charge on any atom is 0.354 e. The highest BCUT2D eigenvalue weighted by Crippen LogP contribution is 2.33. The first-order valence-electron chi connectivity index (χ1n) is 6.71. The molecule has 0 N–H and O–H groups in total. The van der Waals surface area contributed by atoms with E-state index in [9.17, 15) is 17.6 Å². The van der Waals surface area contributed by atoms with Crippen molar-refractivity contribution >= 4 is 37.0 Å². The molecule has 0 aliphatic carbocycles. The Kier molecular flexibility index (Phi) is 4.18. The summed E-state index contributed by atoms with van der Waals surface area (Å²) in [5, 5.41) is 0.0251. The zero-order chi connectivity index (χ0) is 17.5. The molecule has 8 heteroatoms. The molecule has 0 unspecified atom stereocenters. The standard InChI is InChI=1S/C16H10BrFO5S/c1-9-2-5-11(6-3-9)24(20,21)23-15-12-8-10(18)4-7-13(12)22-16(19)14(15)17/h2-8H,1H3. The predicted octanol–water partition coefficient (Wildman–Crippen LogP) is 3.77. The van der Waals surface area contributed by atoms with E-state index in [1.807, 2.05) is 6.92 Å². The minimum absolute atomic E-state index is 0.0127. The van der Waals surface area contributed by atoms with Crippen LogP contribution in [0, 0.1) is 12.7 Å². The summed E-state index contributed by atoms with van der Waals surface area (Å²) >= 11 is 2.94. The van der Waals surface area contributed by atoms with E-state index in [1.165, 1.54) is 18.2 Å². The van der Waals surface area contributed by atoms with Crippen molar-refractivity contribution in [2.24, 2.45) is 0 Å². The van der Waals surface area contributed by atoms with Crippen molar-refractivity contribution in [1.29, 1.82) is 0 Å². The summed E-state index contributed by atoms with van der Waals surface area (Å²) in [6, 6.07) is 9.34. The van der Waals surface area contributed by atoms with Crippen LogP contribution < -0.4 is 9.81 Å². The van der Waals surface area contributed by atoms with Crippen LogP contribution in [0.4, 0.5) is 4.39 Å². The van der Waals surface area contributed by atoms with Crippen molar-refractivity contribution in [3.8, 4) is 5.75 Å². The minimum Gasteiger partial charge on any atom is -0.422 e. The van der Waals surface area contributed by atoms with Gasteiger partial charge in [0.15, 0.2) is 5.75 Å². The van der Waals surface area contributed by atoms with Crippen LogP contribution in [-0.2, 0) is 10.1 Å². The van der Waals surface area contributed by atoms with Crippen LogP contribution >= 0.6 is 15.9 Å². The summed E-state index contributed by atoms with van der Waals surface area (Å²) in [6.45, 7) is 1.81. The third kappa shape index (κ3) is 3.07. The van der Waals surface area contributed by atoms with Crippen LogP contribution in [-0.4, -0.2) is 8.42 Å². The van der Waals surface area contributed by atoms with E-state index in [2.05, 4.69) is 15.9 Å². The topological polar surface area (TPSA) is 73.6 Å². The lowest BCUT2D eigenvalue weighted by Gasteiger charge is -2.10. The molecule has 3 rings (SSSR count). The molecule has 2 aromatic carbocycles. The monoisotopic (exact) mass is 412 g/mol. The molecule has 5 nitrogen and oxygen atoms in total. The van der Waals surface area contributed by atoms with Crippen LogP contribution in [0.1, 0.15) is 5.56 Å². The zero-order valence-corrected chi connectivity index (χ0v) is 14.6. The molecular formula is C16H10BrFO5S. The minimum atomic E-state index is -4.21. The van der Waals surface area contributed by atoms with Crippen LogP contribution in [0.25, 0.3) is 11.0 Å². The molecule has 3 aromatic rings. The normalized spacial score (nSPS) is 11.6. The molecule has 0 aliphatic rings. The van der Waals surface area contributed by atoms with Crippen LogP contribution in [0.15, 0.2) is 61.0 Å². The van der Waals surface area contributed by atoms with Gasteiger partial charge in [0.25, 0.3) is 0 Å². The van der Waals surface area contributed by atoms with Crippen molar-refractivity contribution in [2.45, 2.75) is 11.8 Å². The average Bonchev–Trinajstić information content (AvgIpc) is 2.53. The first-order chi connectivity index (χ1) is 11.3. The molecule has 0 fully saturated rings. The number of aryl methyl sites for hydroxylation is 1. The Hall–Kier alpha value is -2.19. The smallest absolute Gasteiger partial charge is 0.354 e. The number of halogens is 2. The van der Waals surface area contributed by atoms with Gasteiger partial charge in [-0.1, -0.05) is 17.7 Å². The Morgan fingerprint density at radius 2 is 1.79 bits per heavy atom. The highest BCUT2D eigenvalue weighted by Gasteiger charge is 2.23. The zero-order valence-electron chi connectivity index (χ0n) is 12.2. The molecule has 1 heterocycles. The summed E-state index contributed by atoms with van der Waals surface area (Å²) in [5.41, 5.74) is 0.0601. The fourth-order valence-electron chi connectivity index (χ4n) is 2.07. The fourth-order valence-corrected chi connectivity index (χ4v) is 3.51. The number of fused-ring (bicyclic) bond motifs is 1. The number of rotatable bonds is 3. The molecule has 0 radical (unpaired) electrons. The number of benzene rings is 2. The van der Waals surface area contributed by atoms with Gasteiger partial charge in [0.1, 0.15) is 20.8 Å². The van der Waals surface area contributed by atoms with E-state index >= 15 is 0 Å². The first kappa shape index (κ1) is 16.7. The lowest BCUT2D eigenvalue weighted by atomic mass is 10.2. The summed E-state index contributed by atoms with van der Waals surface area (Å²) in [6.07, 6.45) is 0. The predicted molar refractivity (Wildman–Crippen MR) is 89.1 cm³/mol. The fraction of sp³-hybridized carbons (Fsp3) is 0.0625. The summed E-state index contributed by atoms with van der Waals surface area (Å²) in [4.78, 5) is 11.7. The van der Waals surface area contributed by atoms with Crippen molar-refractivity contribution < 1.29 is 21.4 Å². The third-order valence-corrected chi connectivity index (χ3v) is 5.19. The van der Waals surface area contributed by atoms with Crippen molar-refractivity contribution in [3.63, 3.8) is 0 Å². The maximum atomic E-state index is 13.5. The van der Waals surface area contributed by atoms with E-state index < -0.39 is 21.6 Å². The molecule has 24 heavy (non-hydrogen) atoms.